The third kappa shape index (κ3) is 3.23. The topological polar surface area (TPSA) is 38.0 Å². The predicted octanol–water partition coefficient (Wildman–Crippen LogP) is 4.60. The Morgan fingerprint density at radius 1 is 0.667 bits per heavy atom. The molecule has 0 saturated carbocycles. The molecule has 3 N–H and O–H groups in total. The quantitative estimate of drug-likeness (QED) is 0.682. The maximum absolute atomic E-state index is 6.01. The number of hydrogen-bond donors (Lipinski definition) is 2. The van der Waals surface area contributed by atoms with E-state index in [1.54, 1.807) is 0 Å². The van der Waals surface area contributed by atoms with E-state index < -0.39 is 0 Å². The van der Waals surface area contributed by atoms with Crippen molar-refractivity contribution in [2.75, 3.05) is 11.1 Å². The first kappa shape index (κ1) is 13.3. The van der Waals surface area contributed by atoms with Gasteiger partial charge >= 0.3 is 0 Å². The molecule has 0 fully saturated rings. The van der Waals surface area contributed by atoms with Gasteiger partial charge in [-0.2, -0.15) is 0 Å². The Balaban J connectivity index is 1.88. The number of rotatable bonds is 4. The van der Waals surface area contributed by atoms with Gasteiger partial charge in [-0.25, -0.2) is 0 Å². The number of para-hydroxylation sites is 3. The van der Waals surface area contributed by atoms with Gasteiger partial charge in [0.2, 0.25) is 0 Å². The Morgan fingerprint density at radius 2 is 1.29 bits per heavy atom. The second kappa shape index (κ2) is 6.14. The van der Waals surface area contributed by atoms with Gasteiger partial charge < -0.3 is 11.1 Å². The Hall–Kier alpha value is -2.74. The van der Waals surface area contributed by atoms with Gasteiger partial charge in [-0.15, -0.1) is 0 Å². The fourth-order valence-electron chi connectivity index (χ4n) is 2.37. The Kier molecular flexibility index (Phi) is 3.88. The summed E-state index contributed by atoms with van der Waals surface area (Å²) in [6.45, 7) is 0. The van der Waals surface area contributed by atoms with Gasteiger partial charge in [-0.05, 0) is 35.7 Å². The number of anilines is 3. The summed E-state index contributed by atoms with van der Waals surface area (Å²) in [4.78, 5) is 0. The Morgan fingerprint density at radius 3 is 2.05 bits per heavy atom. The molecule has 0 radical (unpaired) electrons. The minimum Gasteiger partial charge on any atom is -0.397 e. The van der Waals surface area contributed by atoms with Crippen molar-refractivity contribution in [3.8, 4) is 0 Å². The van der Waals surface area contributed by atoms with E-state index in [1.165, 1.54) is 11.1 Å². The lowest BCUT2D eigenvalue weighted by molar-refractivity contribution is 1.19. The molecule has 104 valence electrons. The summed E-state index contributed by atoms with van der Waals surface area (Å²) in [5.74, 6) is 0. The molecule has 0 saturated heterocycles. The van der Waals surface area contributed by atoms with E-state index in [4.69, 9.17) is 5.73 Å². The maximum Gasteiger partial charge on any atom is 0.0617 e. The van der Waals surface area contributed by atoms with Gasteiger partial charge in [-0.3, -0.25) is 0 Å². The van der Waals surface area contributed by atoms with Crippen LogP contribution < -0.4 is 11.1 Å². The second-order valence-corrected chi connectivity index (χ2v) is 5.03. The molecule has 0 amide bonds. The summed E-state index contributed by atoms with van der Waals surface area (Å²) in [5, 5.41) is 3.44. The average Bonchev–Trinajstić information content (AvgIpc) is 2.52. The van der Waals surface area contributed by atoms with Crippen LogP contribution in [0.2, 0.25) is 0 Å². The van der Waals surface area contributed by atoms with E-state index in [0.29, 0.717) is 0 Å². The first-order valence-electron chi connectivity index (χ1n) is 7.06. The summed E-state index contributed by atoms with van der Waals surface area (Å²) in [6.07, 6.45) is 0.900. The monoisotopic (exact) mass is 274 g/mol. The number of hydrogen-bond acceptors (Lipinski definition) is 2. The molecule has 0 aliphatic rings. The van der Waals surface area contributed by atoms with E-state index >= 15 is 0 Å². The van der Waals surface area contributed by atoms with Gasteiger partial charge in [0.1, 0.15) is 0 Å². The molecular weight excluding hydrogens is 256 g/mol. The van der Waals surface area contributed by atoms with E-state index in [0.717, 1.165) is 23.5 Å². The second-order valence-electron chi connectivity index (χ2n) is 5.03. The van der Waals surface area contributed by atoms with Crippen LogP contribution in [0.1, 0.15) is 11.1 Å². The zero-order chi connectivity index (χ0) is 14.5. The lowest BCUT2D eigenvalue weighted by Gasteiger charge is -2.13. The van der Waals surface area contributed by atoms with Gasteiger partial charge in [0, 0.05) is 5.69 Å². The van der Waals surface area contributed by atoms with Crippen molar-refractivity contribution in [2.45, 2.75) is 6.42 Å². The van der Waals surface area contributed by atoms with Gasteiger partial charge in [0.05, 0.1) is 11.4 Å². The van der Waals surface area contributed by atoms with Crippen LogP contribution in [0.5, 0.6) is 0 Å². The van der Waals surface area contributed by atoms with Crippen LogP contribution in [-0.4, -0.2) is 0 Å². The molecule has 3 rings (SSSR count). The molecule has 21 heavy (non-hydrogen) atoms. The van der Waals surface area contributed by atoms with Crippen LogP contribution >= 0.6 is 0 Å². The molecule has 0 aromatic heterocycles. The Bertz CT molecular complexity index is 720. The molecule has 3 aromatic rings. The number of nitrogens with two attached hydrogens (primary N) is 1. The molecule has 0 atom stereocenters. The molecule has 2 heteroatoms. The molecule has 0 bridgehead atoms. The third-order valence-electron chi connectivity index (χ3n) is 3.48. The normalized spacial score (nSPS) is 10.3. The highest BCUT2D eigenvalue weighted by molar-refractivity contribution is 5.73. The Labute approximate surface area is 125 Å². The average molecular weight is 274 g/mol. The van der Waals surface area contributed by atoms with Crippen molar-refractivity contribution in [1.82, 2.24) is 0 Å². The minimum atomic E-state index is 0.756. The van der Waals surface area contributed by atoms with Crippen LogP contribution in [-0.2, 0) is 6.42 Å². The number of benzene rings is 3. The highest BCUT2D eigenvalue weighted by Gasteiger charge is 2.05. The molecule has 0 heterocycles. The first-order chi connectivity index (χ1) is 10.3. The summed E-state index contributed by atoms with van der Waals surface area (Å²) in [7, 11) is 0. The van der Waals surface area contributed by atoms with Crippen molar-refractivity contribution in [1.29, 1.82) is 0 Å². The van der Waals surface area contributed by atoms with E-state index in [2.05, 4.69) is 47.8 Å². The fraction of sp³-hybridized carbons (Fsp3) is 0.0526. The van der Waals surface area contributed by atoms with Gasteiger partial charge in [0.15, 0.2) is 0 Å². The number of nitrogen functional groups attached to an aromatic ring is 1. The molecular formula is C19H18N2. The predicted molar refractivity (Wildman–Crippen MR) is 89.8 cm³/mol. The summed E-state index contributed by atoms with van der Waals surface area (Å²) >= 11 is 0. The third-order valence-corrected chi connectivity index (χ3v) is 3.48. The largest absolute Gasteiger partial charge is 0.397 e. The highest BCUT2D eigenvalue weighted by atomic mass is 14.9. The highest BCUT2D eigenvalue weighted by Crippen LogP contribution is 2.26. The van der Waals surface area contributed by atoms with Crippen LogP contribution in [0.3, 0.4) is 0 Å². The van der Waals surface area contributed by atoms with Crippen LogP contribution in [0.15, 0.2) is 78.9 Å². The van der Waals surface area contributed by atoms with Crippen molar-refractivity contribution in [3.05, 3.63) is 90.0 Å². The molecule has 2 nitrogen and oxygen atoms in total. The van der Waals surface area contributed by atoms with E-state index in [-0.39, 0.29) is 0 Å². The SMILES string of the molecule is Nc1ccccc1Nc1ccccc1Cc1ccccc1. The van der Waals surface area contributed by atoms with Gasteiger partial charge in [0.25, 0.3) is 0 Å². The zero-order valence-corrected chi connectivity index (χ0v) is 11.8. The lowest BCUT2D eigenvalue weighted by Crippen LogP contribution is -1.99. The molecule has 0 aliphatic heterocycles. The molecule has 3 aromatic carbocycles. The summed E-state index contributed by atoms with van der Waals surface area (Å²) in [5.41, 5.74) is 11.4. The number of nitrogens with one attached hydrogen (secondary N) is 1. The van der Waals surface area contributed by atoms with Gasteiger partial charge in [-0.1, -0.05) is 60.7 Å². The maximum atomic E-state index is 6.01. The van der Waals surface area contributed by atoms with Crippen LogP contribution in [0.25, 0.3) is 0 Å². The minimum absolute atomic E-state index is 0.756. The lowest BCUT2D eigenvalue weighted by atomic mass is 10.0. The molecule has 0 unspecified atom stereocenters. The fourth-order valence-corrected chi connectivity index (χ4v) is 2.37. The standard InChI is InChI=1S/C19H18N2/c20-17-11-5-7-13-19(17)21-18-12-6-4-10-16(18)14-15-8-2-1-3-9-15/h1-13,21H,14,20H2. The van der Waals surface area contributed by atoms with Crippen molar-refractivity contribution in [2.24, 2.45) is 0 Å². The van der Waals surface area contributed by atoms with E-state index in [9.17, 15) is 0 Å². The van der Waals surface area contributed by atoms with Crippen LogP contribution in [0.4, 0.5) is 17.1 Å². The smallest absolute Gasteiger partial charge is 0.0617 e. The van der Waals surface area contributed by atoms with Crippen molar-refractivity contribution >= 4 is 17.1 Å². The molecule has 0 spiro atoms. The van der Waals surface area contributed by atoms with Crippen molar-refractivity contribution < 1.29 is 0 Å². The summed E-state index contributed by atoms with van der Waals surface area (Å²) < 4.78 is 0. The van der Waals surface area contributed by atoms with E-state index in [1.807, 2.05) is 36.4 Å². The summed E-state index contributed by atoms with van der Waals surface area (Å²) in [6, 6.07) is 26.6. The first-order valence-corrected chi connectivity index (χ1v) is 7.06. The van der Waals surface area contributed by atoms with Crippen molar-refractivity contribution in [3.63, 3.8) is 0 Å². The zero-order valence-electron chi connectivity index (χ0n) is 11.8. The van der Waals surface area contributed by atoms with Crippen LogP contribution in [0, 0.1) is 0 Å². The molecule has 0 aliphatic carbocycles.